The number of thioether (sulfide) groups is 1. The number of fused-ring (bicyclic) bond motifs is 1. The average molecular weight is 463 g/mol. The molecule has 1 aromatic carbocycles. The molecule has 3 aromatic rings. The maximum atomic E-state index is 12.5. The van der Waals surface area contributed by atoms with Gasteiger partial charge in [-0.2, -0.15) is 5.26 Å². The van der Waals surface area contributed by atoms with E-state index in [-0.39, 0.29) is 17.4 Å². The standard InChI is InChI=1S/C24H22N4O2S2/c1-15(29)16-5-7-17(8-6-16)26-22(30)14-32-24-18(12-25)23(21-4-3-11-31-21)19-13-28(2)10-9-20(19)27-24/h3-8,11H,9-10,13-14H2,1-2H3,(H,26,30). The number of hydrogen-bond donors (Lipinski definition) is 1. The van der Waals surface area contributed by atoms with Crippen LogP contribution < -0.4 is 5.32 Å². The van der Waals surface area contributed by atoms with Crippen LogP contribution >= 0.6 is 23.1 Å². The lowest BCUT2D eigenvalue weighted by molar-refractivity contribution is -0.113. The molecule has 8 heteroatoms. The summed E-state index contributed by atoms with van der Waals surface area (Å²) in [5.41, 5.74) is 4.82. The molecule has 162 valence electrons. The number of thiophene rings is 1. The summed E-state index contributed by atoms with van der Waals surface area (Å²) in [7, 11) is 2.07. The van der Waals surface area contributed by atoms with Gasteiger partial charge < -0.3 is 10.2 Å². The van der Waals surface area contributed by atoms with Crippen molar-refractivity contribution in [1.82, 2.24) is 9.88 Å². The largest absolute Gasteiger partial charge is 0.325 e. The zero-order valence-electron chi connectivity index (χ0n) is 17.8. The van der Waals surface area contributed by atoms with Crippen LogP contribution in [0.2, 0.25) is 0 Å². The maximum Gasteiger partial charge on any atom is 0.234 e. The summed E-state index contributed by atoms with van der Waals surface area (Å²) in [5.74, 6) is -0.0707. The van der Waals surface area contributed by atoms with E-state index in [1.807, 2.05) is 17.5 Å². The highest BCUT2D eigenvalue weighted by Crippen LogP contribution is 2.38. The third-order valence-electron chi connectivity index (χ3n) is 5.30. The van der Waals surface area contributed by atoms with Crippen LogP contribution in [0, 0.1) is 11.3 Å². The predicted octanol–water partition coefficient (Wildman–Crippen LogP) is 4.60. The Morgan fingerprint density at radius 1 is 1.28 bits per heavy atom. The average Bonchev–Trinajstić information content (AvgIpc) is 3.31. The highest BCUT2D eigenvalue weighted by atomic mass is 32.2. The van der Waals surface area contributed by atoms with E-state index in [0.29, 0.717) is 21.8 Å². The molecule has 1 N–H and O–H groups in total. The molecule has 2 aromatic heterocycles. The summed E-state index contributed by atoms with van der Waals surface area (Å²) in [6, 6.07) is 13.2. The summed E-state index contributed by atoms with van der Waals surface area (Å²) in [4.78, 5) is 32.0. The van der Waals surface area contributed by atoms with Gasteiger partial charge in [0.1, 0.15) is 11.1 Å². The molecule has 0 radical (unpaired) electrons. The van der Waals surface area contributed by atoms with Gasteiger partial charge >= 0.3 is 0 Å². The molecular formula is C24H22N4O2S2. The molecule has 0 fully saturated rings. The minimum absolute atomic E-state index is 0.0197. The smallest absolute Gasteiger partial charge is 0.234 e. The Bertz CT molecular complexity index is 1200. The minimum atomic E-state index is -0.189. The van der Waals surface area contributed by atoms with E-state index in [1.165, 1.54) is 18.7 Å². The van der Waals surface area contributed by atoms with Crippen molar-refractivity contribution in [1.29, 1.82) is 5.26 Å². The van der Waals surface area contributed by atoms with Gasteiger partial charge in [-0.3, -0.25) is 9.59 Å². The summed E-state index contributed by atoms with van der Waals surface area (Å²) in [5, 5.41) is 15.4. The fourth-order valence-corrected chi connectivity index (χ4v) is 5.30. The highest BCUT2D eigenvalue weighted by Gasteiger charge is 2.25. The van der Waals surface area contributed by atoms with Crippen molar-refractivity contribution in [3.63, 3.8) is 0 Å². The molecule has 4 rings (SSSR count). The molecule has 0 aliphatic carbocycles. The van der Waals surface area contributed by atoms with Gasteiger partial charge in [-0.25, -0.2) is 4.98 Å². The number of benzene rings is 1. The Balaban J connectivity index is 1.57. The Morgan fingerprint density at radius 2 is 2.06 bits per heavy atom. The zero-order chi connectivity index (χ0) is 22.7. The fourth-order valence-electron chi connectivity index (χ4n) is 3.69. The van der Waals surface area contributed by atoms with Crippen molar-refractivity contribution in [3.05, 3.63) is 64.2 Å². The van der Waals surface area contributed by atoms with Crippen LogP contribution in [-0.4, -0.2) is 40.9 Å². The van der Waals surface area contributed by atoms with Gasteiger partial charge in [0.15, 0.2) is 5.78 Å². The van der Waals surface area contributed by atoms with Crippen LogP contribution in [0.4, 0.5) is 5.69 Å². The first-order valence-corrected chi connectivity index (χ1v) is 12.0. The van der Waals surface area contributed by atoms with Crippen LogP contribution in [-0.2, 0) is 17.8 Å². The van der Waals surface area contributed by atoms with Gasteiger partial charge in [0.2, 0.25) is 5.91 Å². The summed E-state index contributed by atoms with van der Waals surface area (Å²) < 4.78 is 0. The minimum Gasteiger partial charge on any atom is -0.325 e. The van der Waals surface area contributed by atoms with Crippen LogP contribution in [0.15, 0.2) is 46.8 Å². The third-order valence-corrected chi connectivity index (χ3v) is 7.17. The second kappa shape index (κ2) is 9.65. The molecule has 3 heterocycles. The molecule has 0 saturated heterocycles. The molecule has 0 unspecified atom stereocenters. The lowest BCUT2D eigenvalue weighted by atomic mass is 9.96. The quantitative estimate of drug-likeness (QED) is 0.426. The van der Waals surface area contributed by atoms with Gasteiger partial charge in [-0.15, -0.1) is 11.3 Å². The van der Waals surface area contributed by atoms with Gasteiger partial charge in [0.25, 0.3) is 0 Å². The van der Waals surface area contributed by atoms with Crippen molar-refractivity contribution < 1.29 is 9.59 Å². The molecule has 0 spiro atoms. The second-order valence-corrected chi connectivity index (χ2v) is 9.55. The number of carbonyl (C=O) groups excluding carboxylic acids is 2. The number of pyridine rings is 1. The fraction of sp³-hybridized carbons (Fsp3) is 0.250. The van der Waals surface area contributed by atoms with E-state index < -0.39 is 0 Å². The number of nitriles is 1. The van der Waals surface area contributed by atoms with E-state index in [0.717, 1.165) is 41.2 Å². The number of rotatable bonds is 6. The first-order chi connectivity index (χ1) is 15.5. The first-order valence-electron chi connectivity index (χ1n) is 10.2. The number of hydrogen-bond acceptors (Lipinski definition) is 7. The topological polar surface area (TPSA) is 86.1 Å². The molecule has 0 bridgehead atoms. The number of likely N-dealkylation sites (N-methyl/N-ethyl adjacent to an activating group) is 1. The molecule has 0 saturated carbocycles. The predicted molar refractivity (Wildman–Crippen MR) is 128 cm³/mol. The maximum absolute atomic E-state index is 12.5. The molecule has 1 amide bonds. The molecule has 32 heavy (non-hydrogen) atoms. The number of anilines is 1. The van der Waals surface area contributed by atoms with Crippen molar-refractivity contribution in [3.8, 4) is 16.5 Å². The van der Waals surface area contributed by atoms with Crippen LogP contribution in [0.1, 0.15) is 34.1 Å². The van der Waals surface area contributed by atoms with E-state index >= 15 is 0 Å². The lowest BCUT2D eigenvalue weighted by Crippen LogP contribution is -2.28. The van der Waals surface area contributed by atoms with E-state index in [9.17, 15) is 14.9 Å². The van der Waals surface area contributed by atoms with Crippen molar-refractivity contribution >= 4 is 40.5 Å². The Labute approximate surface area is 195 Å². The summed E-state index contributed by atoms with van der Waals surface area (Å²) in [6.07, 6.45) is 0.818. The van der Waals surface area contributed by atoms with Gasteiger partial charge in [-0.1, -0.05) is 17.8 Å². The number of aromatic nitrogens is 1. The number of carbonyl (C=O) groups is 2. The highest BCUT2D eigenvalue weighted by molar-refractivity contribution is 8.00. The van der Waals surface area contributed by atoms with Gasteiger partial charge in [0, 0.05) is 46.9 Å². The Kier molecular flexibility index (Phi) is 6.70. The second-order valence-electron chi connectivity index (χ2n) is 7.64. The summed E-state index contributed by atoms with van der Waals surface area (Å²) in [6.45, 7) is 3.17. The van der Waals surface area contributed by atoms with Crippen molar-refractivity contribution in [2.24, 2.45) is 0 Å². The number of nitrogens with zero attached hydrogens (tertiary/aromatic N) is 3. The van der Waals surface area contributed by atoms with Crippen molar-refractivity contribution in [2.75, 3.05) is 24.7 Å². The van der Waals surface area contributed by atoms with Crippen LogP contribution in [0.5, 0.6) is 0 Å². The van der Waals surface area contributed by atoms with E-state index in [1.54, 1.807) is 35.6 Å². The SMILES string of the molecule is CC(=O)c1ccc(NC(=O)CSc2nc3c(c(-c4cccs4)c2C#N)CN(C)CC3)cc1. The number of amides is 1. The van der Waals surface area contributed by atoms with E-state index in [4.69, 9.17) is 4.98 Å². The van der Waals surface area contributed by atoms with Crippen LogP contribution in [0.25, 0.3) is 10.4 Å². The third kappa shape index (κ3) is 4.75. The summed E-state index contributed by atoms with van der Waals surface area (Å²) >= 11 is 2.89. The zero-order valence-corrected chi connectivity index (χ0v) is 19.5. The Hall–Kier alpha value is -2.99. The normalized spacial score (nSPS) is 13.3. The van der Waals surface area contributed by atoms with E-state index in [2.05, 4.69) is 23.3 Å². The molecule has 1 aliphatic heterocycles. The number of Topliss-reactive ketones (excluding diaryl/α,β-unsaturated/α-hetero) is 1. The number of nitrogens with one attached hydrogen (secondary N) is 1. The van der Waals surface area contributed by atoms with Gasteiger partial charge in [-0.05, 0) is 55.2 Å². The van der Waals surface area contributed by atoms with Crippen LogP contribution in [0.3, 0.4) is 0 Å². The lowest BCUT2D eigenvalue weighted by Gasteiger charge is -2.27. The first kappa shape index (κ1) is 22.2. The number of ketones is 1. The monoisotopic (exact) mass is 462 g/mol. The molecule has 6 nitrogen and oxygen atoms in total. The Morgan fingerprint density at radius 3 is 2.72 bits per heavy atom. The molecule has 1 aliphatic rings. The van der Waals surface area contributed by atoms with Crippen molar-refractivity contribution in [2.45, 2.75) is 24.9 Å². The molecular weight excluding hydrogens is 440 g/mol. The van der Waals surface area contributed by atoms with Gasteiger partial charge in [0.05, 0.1) is 11.3 Å². The molecule has 0 atom stereocenters.